The second-order valence-corrected chi connectivity index (χ2v) is 7.22. The van der Waals surface area contributed by atoms with Crippen LogP contribution in [0.3, 0.4) is 0 Å². The van der Waals surface area contributed by atoms with Crippen molar-refractivity contribution < 1.29 is 18.4 Å². The zero-order valence-electron chi connectivity index (χ0n) is 14.8. The van der Waals surface area contributed by atoms with Gasteiger partial charge in [0.15, 0.2) is 11.6 Å². The van der Waals surface area contributed by atoms with Crippen LogP contribution in [0.15, 0.2) is 30.9 Å². The first-order chi connectivity index (χ1) is 12.5. The Labute approximate surface area is 152 Å². The predicted octanol–water partition coefficient (Wildman–Crippen LogP) is 3.27. The summed E-state index contributed by atoms with van der Waals surface area (Å²) in [6.07, 6.45) is 4.92. The molecule has 1 aromatic carbocycles. The summed E-state index contributed by atoms with van der Waals surface area (Å²) in [5, 5.41) is 0. The Morgan fingerprint density at radius 2 is 2.08 bits per heavy atom. The normalized spacial score (nSPS) is 22.9. The fourth-order valence-corrected chi connectivity index (χ4v) is 4.03. The van der Waals surface area contributed by atoms with E-state index in [1.807, 2.05) is 0 Å². The van der Waals surface area contributed by atoms with Crippen molar-refractivity contribution in [3.05, 3.63) is 48.1 Å². The lowest BCUT2D eigenvalue weighted by Crippen LogP contribution is -2.50. The minimum Gasteiger partial charge on any atom is -0.342 e. The number of allylic oxidation sites excluding steroid dienone is 1. The van der Waals surface area contributed by atoms with Crippen LogP contribution in [0.5, 0.6) is 0 Å². The van der Waals surface area contributed by atoms with Crippen LogP contribution in [0.1, 0.15) is 37.7 Å². The summed E-state index contributed by atoms with van der Waals surface area (Å²) in [4.78, 5) is 28.7. The minimum atomic E-state index is -0.901. The first kappa shape index (κ1) is 18.5. The van der Waals surface area contributed by atoms with E-state index < -0.39 is 17.0 Å². The number of halogens is 2. The molecule has 3 rings (SSSR count). The summed E-state index contributed by atoms with van der Waals surface area (Å²) >= 11 is 0. The zero-order chi connectivity index (χ0) is 18.7. The van der Waals surface area contributed by atoms with Crippen LogP contribution in [0, 0.1) is 17.0 Å². The van der Waals surface area contributed by atoms with Gasteiger partial charge in [0.05, 0.1) is 5.41 Å². The van der Waals surface area contributed by atoms with E-state index in [-0.39, 0.29) is 23.9 Å². The molecule has 2 fully saturated rings. The summed E-state index contributed by atoms with van der Waals surface area (Å²) in [7, 11) is 0. The van der Waals surface area contributed by atoms with Gasteiger partial charge in [0.2, 0.25) is 11.8 Å². The molecule has 2 heterocycles. The van der Waals surface area contributed by atoms with Gasteiger partial charge in [-0.25, -0.2) is 8.78 Å². The maximum absolute atomic E-state index is 14.0. The van der Waals surface area contributed by atoms with Crippen molar-refractivity contribution in [2.45, 2.75) is 38.6 Å². The quantitative estimate of drug-likeness (QED) is 0.755. The van der Waals surface area contributed by atoms with Gasteiger partial charge < -0.3 is 9.80 Å². The lowest BCUT2D eigenvalue weighted by molar-refractivity contribution is -0.146. The number of hydrogen-bond acceptors (Lipinski definition) is 2. The number of rotatable bonds is 5. The van der Waals surface area contributed by atoms with E-state index in [1.54, 1.807) is 15.9 Å². The molecular weight excluding hydrogens is 338 g/mol. The molecule has 2 aliphatic rings. The van der Waals surface area contributed by atoms with Crippen LogP contribution in [0.4, 0.5) is 8.78 Å². The maximum Gasteiger partial charge on any atom is 0.230 e. The Bertz CT molecular complexity index is 722. The smallest absolute Gasteiger partial charge is 0.230 e. The molecule has 1 spiro atoms. The van der Waals surface area contributed by atoms with Crippen molar-refractivity contribution in [1.82, 2.24) is 9.80 Å². The summed E-state index contributed by atoms with van der Waals surface area (Å²) in [6, 6.07) is 4.03. The molecule has 2 amide bonds. The third-order valence-electron chi connectivity index (χ3n) is 5.49. The van der Waals surface area contributed by atoms with E-state index in [0.717, 1.165) is 18.9 Å². The Hall–Kier alpha value is -2.24. The van der Waals surface area contributed by atoms with Gasteiger partial charge in [-0.05, 0) is 31.7 Å². The number of likely N-dealkylation sites (tertiary alicyclic amines) is 2. The van der Waals surface area contributed by atoms with Gasteiger partial charge in [0, 0.05) is 38.2 Å². The molecule has 0 bridgehead atoms. The number of nitrogens with zero attached hydrogens (tertiary/aromatic N) is 2. The van der Waals surface area contributed by atoms with E-state index >= 15 is 0 Å². The first-order valence-electron chi connectivity index (χ1n) is 9.08. The lowest BCUT2D eigenvalue weighted by Gasteiger charge is -2.39. The Balaban J connectivity index is 1.71. The van der Waals surface area contributed by atoms with Crippen molar-refractivity contribution in [3.8, 4) is 0 Å². The molecule has 140 valence electrons. The molecule has 2 saturated heterocycles. The molecular formula is C20H24F2N2O2. The Morgan fingerprint density at radius 1 is 1.27 bits per heavy atom. The van der Waals surface area contributed by atoms with Crippen molar-refractivity contribution in [2.75, 3.05) is 19.6 Å². The minimum absolute atomic E-state index is 0.0443. The molecule has 4 nitrogen and oxygen atoms in total. The van der Waals surface area contributed by atoms with Crippen LogP contribution in [0.25, 0.3) is 0 Å². The largest absolute Gasteiger partial charge is 0.342 e. The summed E-state index contributed by atoms with van der Waals surface area (Å²) in [5.41, 5.74) is -0.390. The third-order valence-corrected chi connectivity index (χ3v) is 5.49. The highest BCUT2D eigenvalue weighted by Gasteiger charge is 2.49. The number of piperidine rings is 1. The number of carbonyl (C=O) groups is 2. The number of benzene rings is 1. The molecule has 1 aromatic rings. The van der Waals surface area contributed by atoms with Crippen LogP contribution >= 0.6 is 0 Å². The maximum atomic E-state index is 14.0. The summed E-state index contributed by atoms with van der Waals surface area (Å²) < 4.78 is 27.4. The zero-order valence-corrected chi connectivity index (χ0v) is 14.8. The highest BCUT2D eigenvalue weighted by Crippen LogP contribution is 2.40. The van der Waals surface area contributed by atoms with Gasteiger partial charge in [-0.3, -0.25) is 9.59 Å². The predicted molar refractivity (Wildman–Crippen MR) is 94.1 cm³/mol. The average Bonchev–Trinajstić information content (AvgIpc) is 3.06. The number of hydrogen-bond donors (Lipinski definition) is 0. The van der Waals surface area contributed by atoms with Crippen LogP contribution in [-0.2, 0) is 16.1 Å². The van der Waals surface area contributed by atoms with Gasteiger partial charge in [-0.2, -0.15) is 0 Å². The number of carbonyl (C=O) groups excluding carboxylic acids is 2. The van der Waals surface area contributed by atoms with Crippen molar-refractivity contribution in [1.29, 1.82) is 0 Å². The Kier molecular flexibility index (Phi) is 5.39. The number of amides is 2. The van der Waals surface area contributed by atoms with Gasteiger partial charge in [0.1, 0.15) is 0 Å². The second-order valence-electron chi connectivity index (χ2n) is 7.22. The van der Waals surface area contributed by atoms with Crippen molar-refractivity contribution in [2.24, 2.45) is 5.41 Å². The highest BCUT2D eigenvalue weighted by atomic mass is 19.2. The van der Waals surface area contributed by atoms with Crippen LogP contribution in [-0.4, -0.2) is 41.2 Å². The van der Waals surface area contributed by atoms with E-state index in [1.165, 1.54) is 12.1 Å². The van der Waals surface area contributed by atoms with Gasteiger partial charge >= 0.3 is 0 Å². The van der Waals surface area contributed by atoms with E-state index in [0.29, 0.717) is 38.9 Å². The van der Waals surface area contributed by atoms with Gasteiger partial charge in [-0.15, -0.1) is 6.58 Å². The second kappa shape index (κ2) is 7.56. The molecule has 1 atom stereocenters. The molecule has 2 aliphatic heterocycles. The lowest BCUT2D eigenvalue weighted by atomic mass is 9.78. The molecule has 0 radical (unpaired) electrons. The topological polar surface area (TPSA) is 40.6 Å². The molecule has 0 aromatic heterocycles. The average molecular weight is 362 g/mol. The van der Waals surface area contributed by atoms with Crippen molar-refractivity contribution in [3.63, 3.8) is 0 Å². The van der Waals surface area contributed by atoms with Crippen LogP contribution < -0.4 is 0 Å². The van der Waals surface area contributed by atoms with E-state index in [9.17, 15) is 18.4 Å². The summed E-state index contributed by atoms with van der Waals surface area (Å²) in [5.74, 6) is -1.80. The standard InChI is InChI=1S/C20H24F2N2O2/c1-2-3-8-17(25)24-12-10-20(14-24)9-5-11-23(19(20)26)13-15-6-4-7-16(21)18(15)22/h2,4,6-7H,1,3,5,8-14H2/t20-/m1/s1. The molecule has 26 heavy (non-hydrogen) atoms. The molecule has 0 saturated carbocycles. The third kappa shape index (κ3) is 3.50. The monoisotopic (exact) mass is 362 g/mol. The van der Waals surface area contributed by atoms with Crippen LogP contribution in [0.2, 0.25) is 0 Å². The van der Waals surface area contributed by atoms with Gasteiger partial charge in [-0.1, -0.05) is 18.2 Å². The van der Waals surface area contributed by atoms with E-state index in [2.05, 4.69) is 6.58 Å². The molecule has 6 heteroatoms. The van der Waals surface area contributed by atoms with Gasteiger partial charge in [0.25, 0.3) is 0 Å². The van der Waals surface area contributed by atoms with Crippen molar-refractivity contribution >= 4 is 11.8 Å². The fourth-order valence-electron chi connectivity index (χ4n) is 4.03. The highest BCUT2D eigenvalue weighted by molar-refractivity contribution is 5.86. The summed E-state index contributed by atoms with van der Waals surface area (Å²) in [6.45, 7) is 5.22. The molecule has 0 aliphatic carbocycles. The fraction of sp³-hybridized carbons (Fsp3) is 0.500. The Morgan fingerprint density at radius 3 is 2.85 bits per heavy atom. The molecule has 0 N–H and O–H groups in total. The van der Waals surface area contributed by atoms with E-state index in [4.69, 9.17) is 0 Å². The SMILES string of the molecule is C=CCCC(=O)N1CC[C@]2(CCCN(Cc3cccc(F)c3F)C2=O)C1. The first-order valence-corrected chi connectivity index (χ1v) is 9.08. The molecule has 0 unspecified atom stereocenters.